The summed E-state index contributed by atoms with van der Waals surface area (Å²) >= 11 is 0. The highest BCUT2D eigenvalue weighted by atomic mass is 16.5. The molecule has 0 aromatic heterocycles. The van der Waals surface area contributed by atoms with Crippen molar-refractivity contribution in [2.24, 2.45) is 5.10 Å². The van der Waals surface area contributed by atoms with E-state index >= 15 is 0 Å². The van der Waals surface area contributed by atoms with Crippen LogP contribution in [0.4, 0.5) is 5.69 Å². The molecule has 5 nitrogen and oxygen atoms in total. The molecule has 1 amide bonds. The number of carbonyl (C=O) groups is 1. The Labute approximate surface area is 146 Å². The normalized spacial score (nSPS) is 11.4. The number of ether oxygens (including phenoxy) is 1. The van der Waals surface area contributed by atoms with Crippen LogP contribution in [0.15, 0.2) is 65.8 Å². The second-order valence-corrected chi connectivity index (χ2v) is 5.62. The molecule has 0 bridgehead atoms. The molecule has 3 N–H and O–H groups in total. The maximum atomic E-state index is 12.2. The van der Waals surface area contributed by atoms with Crippen LogP contribution in [0.2, 0.25) is 0 Å². The number of amides is 1. The lowest BCUT2D eigenvalue weighted by atomic mass is 10.0. The van der Waals surface area contributed by atoms with Gasteiger partial charge in [0.05, 0.1) is 12.8 Å². The fourth-order valence-corrected chi connectivity index (χ4v) is 2.66. The first-order valence-corrected chi connectivity index (χ1v) is 7.86. The molecule has 0 spiro atoms. The van der Waals surface area contributed by atoms with Crippen molar-refractivity contribution in [2.75, 3.05) is 12.8 Å². The van der Waals surface area contributed by atoms with Gasteiger partial charge in [-0.05, 0) is 48.7 Å². The molecular weight excluding hydrogens is 314 g/mol. The van der Waals surface area contributed by atoms with Gasteiger partial charge in [0, 0.05) is 22.2 Å². The summed E-state index contributed by atoms with van der Waals surface area (Å²) in [6.07, 6.45) is 0. The summed E-state index contributed by atoms with van der Waals surface area (Å²) in [6, 6.07) is 18.5. The van der Waals surface area contributed by atoms with Crippen LogP contribution >= 0.6 is 0 Å². The van der Waals surface area contributed by atoms with Gasteiger partial charge in [-0.2, -0.15) is 5.10 Å². The van der Waals surface area contributed by atoms with Gasteiger partial charge in [-0.1, -0.05) is 24.3 Å². The molecule has 25 heavy (non-hydrogen) atoms. The Balaban J connectivity index is 1.89. The summed E-state index contributed by atoms with van der Waals surface area (Å²) in [4.78, 5) is 12.2. The second-order valence-electron chi connectivity index (χ2n) is 5.62. The van der Waals surface area contributed by atoms with Crippen molar-refractivity contribution in [1.29, 1.82) is 0 Å². The smallest absolute Gasteiger partial charge is 0.271 e. The zero-order chi connectivity index (χ0) is 17.8. The van der Waals surface area contributed by atoms with Crippen molar-refractivity contribution in [2.45, 2.75) is 6.92 Å². The Morgan fingerprint density at radius 1 is 1.00 bits per heavy atom. The number of nitrogens with zero attached hydrogens (tertiary/aromatic N) is 1. The highest BCUT2D eigenvalue weighted by molar-refractivity contribution is 6.11. The molecule has 0 radical (unpaired) electrons. The Morgan fingerprint density at radius 3 is 2.36 bits per heavy atom. The van der Waals surface area contributed by atoms with Crippen LogP contribution in [0.1, 0.15) is 22.8 Å². The van der Waals surface area contributed by atoms with Crippen molar-refractivity contribution in [3.63, 3.8) is 0 Å². The summed E-state index contributed by atoms with van der Waals surface area (Å²) in [5, 5.41) is 6.26. The number of hydrogen-bond donors (Lipinski definition) is 2. The Morgan fingerprint density at radius 2 is 1.68 bits per heavy atom. The van der Waals surface area contributed by atoms with E-state index in [2.05, 4.69) is 10.5 Å². The highest BCUT2D eigenvalue weighted by Crippen LogP contribution is 2.28. The first-order valence-electron chi connectivity index (χ1n) is 7.86. The molecule has 0 heterocycles. The summed E-state index contributed by atoms with van der Waals surface area (Å²) < 4.78 is 5.41. The average molecular weight is 333 g/mol. The summed E-state index contributed by atoms with van der Waals surface area (Å²) in [5.41, 5.74) is 11.0. The zero-order valence-electron chi connectivity index (χ0n) is 14.1. The van der Waals surface area contributed by atoms with Crippen LogP contribution in [0, 0.1) is 0 Å². The predicted molar refractivity (Wildman–Crippen MR) is 101 cm³/mol. The molecule has 5 heteroatoms. The summed E-state index contributed by atoms with van der Waals surface area (Å²) in [6.45, 7) is 1.86. The molecule has 0 saturated carbocycles. The number of nitrogens with one attached hydrogen (secondary N) is 1. The Hall–Kier alpha value is -3.34. The fourth-order valence-electron chi connectivity index (χ4n) is 2.66. The number of nitrogen functional groups attached to an aromatic ring is 1. The summed E-state index contributed by atoms with van der Waals surface area (Å²) in [7, 11) is 1.65. The fraction of sp³-hybridized carbons (Fsp3) is 0.100. The van der Waals surface area contributed by atoms with Crippen LogP contribution < -0.4 is 15.9 Å². The minimum Gasteiger partial charge on any atom is -0.496 e. The number of rotatable bonds is 4. The molecule has 0 unspecified atom stereocenters. The summed E-state index contributed by atoms with van der Waals surface area (Å²) in [5.74, 6) is 0.523. The van der Waals surface area contributed by atoms with E-state index in [-0.39, 0.29) is 5.91 Å². The number of anilines is 1. The standard InChI is InChI=1S/C20H19N3O2/c1-13(22-23-20(24)14-7-9-15(21)10-8-14)16-11-12-19(25-2)18-6-4-3-5-17(16)18/h3-12H,21H2,1-2H3,(H,23,24)/b22-13-. The Bertz CT molecular complexity index is 947. The Kier molecular flexibility index (Phi) is 4.66. The quantitative estimate of drug-likeness (QED) is 0.435. The van der Waals surface area contributed by atoms with Crippen molar-refractivity contribution in [1.82, 2.24) is 5.43 Å². The van der Waals surface area contributed by atoms with Gasteiger partial charge in [-0.3, -0.25) is 4.79 Å². The van der Waals surface area contributed by atoms with Gasteiger partial charge in [0.25, 0.3) is 5.91 Å². The van der Waals surface area contributed by atoms with E-state index in [0.29, 0.717) is 17.0 Å². The topological polar surface area (TPSA) is 76.7 Å². The number of methoxy groups -OCH3 is 1. The molecular formula is C20H19N3O2. The minimum absolute atomic E-state index is 0.280. The molecule has 0 saturated heterocycles. The van der Waals surface area contributed by atoms with Gasteiger partial charge in [-0.25, -0.2) is 5.43 Å². The average Bonchev–Trinajstić information content (AvgIpc) is 2.65. The number of carbonyl (C=O) groups excluding carboxylic acids is 1. The van der Waals surface area contributed by atoms with E-state index < -0.39 is 0 Å². The number of nitrogens with two attached hydrogens (primary N) is 1. The number of fused-ring (bicyclic) bond motifs is 1. The molecule has 3 aromatic rings. The third-order valence-electron chi connectivity index (χ3n) is 3.99. The number of hydrazone groups is 1. The number of benzene rings is 3. The van der Waals surface area contributed by atoms with Gasteiger partial charge < -0.3 is 10.5 Å². The third-order valence-corrected chi connectivity index (χ3v) is 3.99. The van der Waals surface area contributed by atoms with Crippen molar-refractivity contribution in [3.05, 3.63) is 71.8 Å². The van der Waals surface area contributed by atoms with E-state index in [1.807, 2.05) is 43.3 Å². The lowest BCUT2D eigenvalue weighted by Crippen LogP contribution is -2.19. The maximum Gasteiger partial charge on any atom is 0.271 e. The van der Waals surface area contributed by atoms with Gasteiger partial charge in [0.1, 0.15) is 5.75 Å². The molecule has 0 aliphatic carbocycles. The van der Waals surface area contributed by atoms with Gasteiger partial charge in [-0.15, -0.1) is 0 Å². The van der Waals surface area contributed by atoms with Crippen molar-refractivity contribution >= 4 is 28.1 Å². The lowest BCUT2D eigenvalue weighted by molar-refractivity contribution is 0.0955. The van der Waals surface area contributed by atoms with Crippen LogP contribution in [0.3, 0.4) is 0 Å². The monoisotopic (exact) mass is 333 g/mol. The first-order chi connectivity index (χ1) is 12.1. The SMILES string of the molecule is COc1ccc(/C(C)=N\NC(=O)c2ccc(N)cc2)c2ccccc12. The van der Waals surface area contributed by atoms with Crippen LogP contribution in [-0.2, 0) is 0 Å². The second kappa shape index (κ2) is 7.05. The van der Waals surface area contributed by atoms with E-state index in [9.17, 15) is 4.79 Å². The van der Waals surface area contributed by atoms with Gasteiger partial charge >= 0.3 is 0 Å². The maximum absolute atomic E-state index is 12.2. The van der Waals surface area contributed by atoms with Gasteiger partial charge in [0.2, 0.25) is 0 Å². The molecule has 0 fully saturated rings. The van der Waals surface area contributed by atoms with Crippen molar-refractivity contribution < 1.29 is 9.53 Å². The first kappa shape index (κ1) is 16.5. The highest BCUT2D eigenvalue weighted by Gasteiger charge is 2.09. The molecule has 126 valence electrons. The van der Waals surface area contributed by atoms with E-state index in [1.54, 1.807) is 31.4 Å². The lowest BCUT2D eigenvalue weighted by Gasteiger charge is -2.10. The van der Waals surface area contributed by atoms with Gasteiger partial charge in [0.15, 0.2) is 0 Å². The predicted octanol–water partition coefficient (Wildman–Crippen LogP) is 3.58. The van der Waals surface area contributed by atoms with Crippen LogP contribution in [0.5, 0.6) is 5.75 Å². The van der Waals surface area contributed by atoms with E-state index in [4.69, 9.17) is 10.5 Å². The molecule has 0 aliphatic rings. The molecule has 3 rings (SSSR count). The minimum atomic E-state index is -0.280. The van der Waals surface area contributed by atoms with E-state index in [0.717, 1.165) is 22.1 Å². The van der Waals surface area contributed by atoms with E-state index in [1.165, 1.54) is 0 Å². The van der Waals surface area contributed by atoms with Crippen LogP contribution in [-0.4, -0.2) is 18.7 Å². The van der Waals surface area contributed by atoms with Crippen molar-refractivity contribution in [3.8, 4) is 5.75 Å². The zero-order valence-corrected chi connectivity index (χ0v) is 14.1. The molecule has 3 aromatic carbocycles. The molecule has 0 aliphatic heterocycles. The molecule has 0 atom stereocenters. The third kappa shape index (κ3) is 3.45. The number of hydrogen-bond acceptors (Lipinski definition) is 4. The van der Waals surface area contributed by atoms with Crippen LogP contribution in [0.25, 0.3) is 10.8 Å². The largest absolute Gasteiger partial charge is 0.496 e.